The lowest BCUT2D eigenvalue weighted by Gasteiger charge is -2.21. The number of aliphatic hydroxyl groups is 1. The number of hydrogen-bond donors (Lipinski definition) is 1. The van der Waals surface area contributed by atoms with E-state index in [-0.39, 0.29) is 18.7 Å². The molecule has 8 heteroatoms. The fraction of sp³-hybridized carbons (Fsp3) is 0.308. The second kappa shape index (κ2) is 7.30. The van der Waals surface area contributed by atoms with E-state index in [4.69, 9.17) is 5.11 Å². The number of nitrogens with zero attached hydrogens (tertiary/aromatic N) is 1. The highest BCUT2D eigenvalue weighted by atomic mass is 32.2. The topological polar surface area (TPSA) is 83.9 Å². The summed E-state index contributed by atoms with van der Waals surface area (Å²) < 4.78 is 43.8. The van der Waals surface area contributed by atoms with E-state index in [1.165, 1.54) is 6.08 Å². The molecule has 0 aromatic heterocycles. The lowest BCUT2D eigenvalue weighted by molar-refractivity contribution is 0.0596. The highest BCUT2D eigenvalue weighted by molar-refractivity contribution is 7.89. The van der Waals surface area contributed by atoms with Crippen molar-refractivity contribution in [1.29, 1.82) is 0 Å². The van der Waals surface area contributed by atoms with Gasteiger partial charge in [0.1, 0.15) is 5.82 Å². The van der Waals surface area contributed by atoms with Gasteiger partial charge in [-0.1, -0.05) is 6.08 Å². The van der Waals surface area contributed by atoms with E-state index >= 15 is 0 Å². The zero-order valence-corrected chi connectivity index (χ0v) is 12.3. The van der Waals surface area contributed by atoms with Crippen molar-refractivity contribution in [1.82, 2.24) is 4.31 Å². The smallest absolute Gasteiger partial charge is 0.339 e. The summed E-state index contributed by atoms with van der Waals surface area (Å²) in [6.07, 6.45) is 1.32. The predicted molar refractivity (Wildman–Crippen MR) is 73.8 cm³/mol. The number of ether oxygens (including phenoxy) is 1. The number of rotatable bonds is 7. The van der Waals surface area contributed by atoms with E-state index in [2.05, 4.69) is 11.3 Å². The largest absolute Gasteiger partial charge is 0.465 e. The van der Waals surface area contributed by atoms with E-state index in [1.54, 1.807) is 0 Å². The molecule has 0 aliphatic heterocycles. The highest BCUT2D eigenvalue weighted by Crippen LogP contribution is 2.22. The number of sulfonamides is 1. The lowest BCUT2D eigenvalue weighted by atomic mass is 10.2. The third-order valence-corrected chi connectivity index (χ3v) is 4.55. The van der Waals surface area contributed by atoms with Gasteiger partial charge in [0.15, 0.2) is 0 Å². The van der Waals surface area contributed by atoms with E-state index in [0.717, 1.165) is 29.6 Å². The molecule has 21 heavy (non-hydrogen) atoms. The van der Waals surface area contributed by atoms with Gasteiger partial charge in [0.25, 0.3) is 0 Å². The molecule has 0 fully saturated rings. The van der Waals surface area contributed by atoms with Crippen molar-refractivity contribution in [2.45, 2.75) is 4.90 Å². The Balaban J connectivity index is 3.44. The van der Waals surface area contributed by atoms with Crippen LogP contribution in [-0.4, -0.2) is 50.6 Å². The Kier molecular flexibility index (Phi) is 6.01. The van der Waals surface area contributed by atoms with Crippen molar-refractivity contribution in [3.05, 3.63) is 42.2 Å². The number of methoxy groups -OCH3 is 1. The van der Waals surface area contributed by atoms with Gasteiger partial charge in [0.05, 0.1) is 24.2 Å². The second-order valence-corrected chi connectivity index (χ2v) is 5.91. The van der Waals surface area contributed by atoms with Gasteiger partial charge in [-0.15, -0.1) is 6.58 Å². The molecule has 1 aromatic rings. The summed E-state index contributed by atoms with van der Waals surface area (Å²) in [5.74, 6) is -1.69. The normalized spacial score (nSPS) is 11.4. The first-order valence-electron chi connectivity index (χ1n) is 5.98. The van der Waals surface area contributed by atoms with Crippen LogP contribution in [0.25, 0.3) is 0 Å². The quantitative estimate of drug-likeness (QED) is 0.593. The molecule has 0 saturated heterocycles. The second-order valence-electron chi connectivity index (χ2n) is 4.01. The SMILES string of the molecule is C=CCN(CCO)S(=O)(=O)c1cc(F)ccc1C(=O)OC. The van der Waals surface area contributed by atoms with Crippen LogP contribution in [0, 0.1) is 5.82 Å². The molecular weight excluding hydrogens is 301 g/mol. The molecule has 1 rings (SSSR count). The lowest BCUT2D eigenvalue weighted by Crippen LogP contribution is -2.34. The Labute approximate surface area is 122 Å². The van der Waals surface area contributed by atoms with Gasteiger partial charge in [-0.2, -0.15) is 4.31 Å². The summed E-state index contributed by atoms with van der Waals surface area (Å²) >= 11 is 0. The molecule has 116 valence electrons. The molecule has 0 saturated carbocycles. The van der Waals surface area contributed by atoms with Gasteiger partial charge < -0.3 is 9.84 Å². The summed E-state index contributed by atoms with van der Waals surface area (Å²) in [4.78, 5) is 11.1. The van der Waals surface area contributed by atoms with Crippen LogP contribution in [0.15, 0.2) is 35.7 Å². The van der Waals surface area contributed by atoms with Crippen LogP contribution < -0.4 is 0 Å². The van der Waals surface area contributed by atoms with Crippen LogP contribution in [0.3, 0.4) is 0 Å². The summed E-state index contributed by atoms with van der Waals surface area (Å²) in [5, 5.41) is 8.95. The Morgan fingerprint density at radius 1 is 1.52 bits per heavy atom. The molecule has 0 bridgehead atoms. The van der Waals surface area contributed by atoms with E-state index in [9.17, 15) is 17.6 Å². The Morgan fingerprint density at radius 2 is 2.19 bits per heavy atom. The summed E-state index contributed by atoms with van der Waals surface area (Å²) in [6, 6.07) is 2.75. The molecule has 0 radical (unpaired) electrons. The fourth-order valence-corrected chi connectivity index (χ4v) is 3.29. The first kappa shape index (κ1) is 17.3. The van der Waals surface area contributed by atoms with Crippen LogP contribution >= 0.6 is 0 Å². The zero-order chi connectivity index (χ0) is 16.0. The molecule has 0 spiro atoms. The van der Waals surface area contributed by atoms with Crippen molar-refractivity contribution >= 4 is 16.0 Å². The number of halogens is 1. The minimum absolute atomic E-state index is 0.0833. The maximum Gasteiger partial charge on any atom is 0.339 e. The average Bonchev–Trinajstić information content (AvgIpc) is 2.46. The molecule has 6 nitrogen and oxygen atoms in total. The van der Waals surface area contributed by atoms with Crippen LogP contribution in [-0.2, 0) is 14.8 Å². The van der Waals surface area contributed by atoms with Gasteiger partial charge >= 0.3 is 5.97 Å². The first-order chi connectivity index (χ1) is 9.88. The van der Waals surface area contributed by atoms with Gasteiger partial charge in [-0.3, -0.25) is 0 Å². The van der Waals surface area contributed by atoms with Gasteiger partial charge in [0.2, 0.25) is 10.0 Å². The summed E-state index contributed by atoms with van der Waals surface area (Å²) in [7, 11) is -3.08. The molecule has 0 aliphatic rings. The molecule has 0 aliphatic carbocycles. The molecule has 0 unspecified atom stereocenters. The summed E-state index contributed by atoms with van der Waals surface area (Å²) in [5.41, 5.74) is -0.272. The fourth-order valence-electron chi connectivity index (χ4n) is 1.69. The molecule has 1 aromatic carbocycles. The van der Waals surface area contributed by atoms with Gasteiger partial charge in [0, 0.05) is 13.1 Å². The van der Waals surface area contributed by atoms with Gasteiger partial charge in [-0.05, 0) is 18.2 Å². The summed E-state index contributed by atoms with van der Waals surface area (Å²) in [6.45, 7) is 2.72. The van der Waals surface area contributed by atoms with Gasteiger partial charge in [-0.25, -0.2) is 17.6 Å². The Bertz CT molecular complexity index is 629. The predicted octanol–water partition coefficient (Wildman–Crippen LogP) is 0.781. The van der Waals surface area contributed by atoms with Crippen LogP contribution in [0.4, 0.5) is 4.39 Å². The van der Waals surface area contributed by atoms with E-state index < -0.39 is 33.3 Å². The van der Waals surface area contributed by atoms with Crippen molar-refractivity contribution in [3.63, 3.8) is 0 Å². The van der Waals surface area contributed by atoms with E-state index in [1.807, 2.05) is 0 Å². The van der Waals surface area contributed by atoms with Crippen molar-refractivity contribution in [2.24, 2.45) is 0 Å². The maximum absolute atomic E-state index is 13.4. The number of aliphatic hydroxyl groups excluding tert-OH is 1. The third kappa shape index (κ3) is 3.87. The van der Waals surface area contributed by atoms with Crippen molar-refractivity contribution in [2.75, 3.05) is 26.8 Å². The zero-order valence-electron chi connectivity index (χ0n) is 11.5. The number of esters is 1. The maximum atomic E-state index is 13.4. The molecule has 0 atom stereocenters. The standard InChI is InChI=1S/C13H16FNO5S/c1-3-6-15(7-8-16)21(18,19)12-9-10(14)4-5-11(12)13(17)20-2/h3-5,9,16H,1,6-8H2,2H3. The highest BCUT2D eigenvalue weighted by Gasteiger charge is 2.29. The third-order valence-electron chi connectivity index (χ3n) is 2.65. The molecule has 0 amide bonds. The minimum Gasteiger partial charge on any atom is -0.465 e. The Morgan fingerprint density at radius 3 is 2.71 bits per heavy atom. The number of benzene rings is 1. The van der Waals surface area contributed by atoms with Crippen LogP contribution in [0.1, 0.15) is 10.4 Å². The molecule has 0 heterocycles. The van der Waals surface area contributed by atoms with Crippen molar-refractivity contribution < 1.29 is 27.4 Å². The van der Waals surface area contributed by atoms with E-state index in [0.29, 0.717) is 0 Å². The molecule has 1 N–H and O–H groups in total. The van der Waals surface area contributed by atoms with Crippen LogP contribution in [0.2, 0.25) is 0 Å². The molecular formula is C13H16FNO5S. The van der Waals surface area contributed by atoms with Crippen molar-refractivity contribution in [3.8, 4) is 0 Å². The number of hydrogen-bond acceptors (Lipinski definition) is 5. The first-order valence-corrected chi connectivity index (χ1v) is 7.42. The minimum atomic E-state index is -4.17. The Hall–Kier alpha value is -1.77. The number of carbonyl (C=O) groups is 1. The number of carbonyl (C=O) groups excluding carboxylic acids is 1. The monoisotopic (exact) mass is 317 g/mol. The van der Waals surface area contributed by atoms with Crippen LogP contribution in [0.5, 0.6) is 0 Å². The average molecular weight is 317 g/mol.